The minimum absolute atomic E-state index is 0.0404. The van der Waals surface area contributed by atoms with Crippen LogP contribution < -0.4 is 0 Å². The third-order valence-electron chi connectivity index (χ3n) is 5.12. The molecule has 1 unspecified atom stereocenters. The van der Waals surface area contributed by atoms with Gasteiger partial charge in [-0.1, -0.05) is 71.1 Å². The van der Waals surface area contributed by atoms with Crippen LogP contribution in [0, 0.1) is 0 Å². The molecule has 0 aromatic rings. The average molecular weight is 465 g/mol. The van der Waals surface area contributed by atoms with Crippen molar-refractivity contribution < 1.29 is 33.1 Å². The Balaban J connectivity index is 1.92. The second-order valence-electron chi connectivity index (χ2n) is 8.39. The summed E-state index contributed by atoms with van der Waals surface area (Å²) >= 11 is 0. The maximum Gasteiger partial charge on any atom is 0.472 e. The van der Waals surface area contributed by atoms with E-state index in [9.17, 15) is 19.4 Å². The second kappa shape index (κ2) is 15.9. The number of unbranched alkanes of at least 4 members (excludes halogenated alkanes) is 10. The summed E-state index contributed by atoms with van der Waals surface area (Å²) in [6.07, 6.45) is 12.7. The summed E-state index contributed by atoms with van der Waals surface area (Å²) < 4.78 is 26.2. The fourth-order valence-electron chi connectivity index (χ4n) is 3.00. The standard InChI is InChI=1S/C21H41N2O7P/c1-3-4-5-6-7-8-9-10-11-12-13-14-20(25)28-17-19(24)18-30-31(26,27)29-16-15-21(2)22-23-21/h19,24H,3-18H2,1-2H3,(H,26,27)/t19-/m1/s1. The van der Waals surface area contributed by atoms with Crippen molar-refractivity contribution in [1.29, 1.82) is 0 Å². The van der Waals surface area contributed by atoms with E-state index in [4.69, 9.17) is 13.8 Å². The molecule has 182 valence electrons. The molecule has 0 spiro atoms. The number of hydrogen-bond acceptors (Lipinski definition) is 8. The van der Waals surface area contributed by atoms with Crippen LogP contribution >= 0.6 is 7.82 Å². The van der Waals surface area contributed by atoms with E-state index >= 15 is 0 Å². The lowest BCUT2D eigenvalue weighted by atomic mass is 10.1. The zero-order valence-corrected chi connectivity index (χ0v) is 20.1. The molecule has 10 heteroatoms. The number of esters is 1. The van der Waals surface area contributed by atoms with E-state index in [0.29, 0.717) is 12.8 Å². The number of carbonyl (C=O) groups is 1. The fourth-order valence-corrected chi connectivity index (χ4v) is 3.76. The van der Waals surface area contributed by atoms with Crippen LogP contribution in [0.1, 0.15) is 97.3 Å². The fraction of sp³-hybridized carbons (Fsp3) is 0.952. The number of carbonyl (C=O) groups excluding carboxylic acids is 1. The summed E-state index contributed by atoms with van der Waals surface area (Å²) in [5.74, 6) is -0.386. The van der Waals surface area contributed by atoms with E-state index in [0.717, 1.165) is 19.3 Å². The number of aliphatic hydroxyl groups is 1. The lowest BCUT2D eigenvalue weighted by molar-refractivity contribution is -0.147. The maximum atomic E-state index is 11.7. The number of ether oxygens (including phenoxy) is 1. The van der Waals surface area contributed by atoms with E-state index in [1.807, 2.05) is 0 Å². The van der Waals surface area contributed by atoms with Crippen molar-refractivity contribution in [2.45, 2.75) is 109 Å². The lowest BCUT2D eigenvalue weighted by Crippen LogP contribution is -2.23. The molecule has 1 aliphatic heterocycles. The van der Waals surface area contributed by atoms with Crippen molar-refractivity contribution in [1.82, 2.24) is 0 Å². The van der Waals surface area contributed by atoms with Gasteiger partial charge < -0.3 is 14.7 Å². The molecule has 0 aromatic carbocycles. The second-order valence-corrected chi connectivity index (χ2v) is 9.84. The number of phosphoric ester groups is 1. The number of aliphatic hydroxyl groups excluding tert-OH is 1. The first kappa shape index (κ1) is 28.2. The topological polar surface area (TPSA) is 127 Å². The molecule has 1 heterocycles. The Morgan fingerprint density at radius 3 is 2.03 bits per heavy atom. The van der Waals surface area contributed by atoms with E-state index < -0.39 is 26.2 Å². The summed E-state index contributed by atoms with van der Waals surface area (Å²) in [4.78, 5) is 21.3. The van der Waals surface area contributed by atoms with Gasteiger partial charge >= 0.3 is 13.8 Å². The summed E-state index contributed by atoms with van der Waals surface area (Å²) in [6.45, 7) is 3.21. The van der Waals surface area contributed by atoms with Gasteiger partial charge in [-0.05, 0) is 13.3 Å². The third kappa shape index (κ3) is 16.4. The normalized spacial score (nSPS) is 17.3. The molecule has 9 nitrogen and oxygen atoms in total. The molecule has 2 N–H and O–H groups in total. The maximum absolute atomic E-state index is 11.7. The van der Waals surface area contributed by atoms with Crippen molar-refractivity contribution in [2.75, 3.05) is 19.8 Å². The van der Waals surface area contributed by atoms with Crippen molar-refractivity contribution in [2.24, 2.45) is 10.2 Å². The molecular formula is C21H41N2O7P. The van der Waals surface area contributed by atoms with Crippen LogP contribution in [0.2, 0.25) is 0 Å². The Hall–Kier alpha value is -0.860. The van der Waals surface area contributed by atoms with Crippen molar-refractivity contribution in [3.05, 3.63) is 0 Å². The van der Waals surface area contributed by atoms with Gasteiger partial charge in [-0.3, -0.25) is 13.8 Å². The summed E-state index contributed by atoms with van der Waals surface area (Å²) in [5, 5.41) is 17.3. The van der Waals surface area contributed by atoms with Crippen molar-refractivity contribution >= 4 is 13.8 Å². The predicted molar refractivity (Wildman–Crippen MR) is 118 cm³/mol. The molecule has 0 saturated heterocycles. The van der Waals surface area contributed by atoms with Gasteiger partial charge in [-0.25, -0.2) is 4.57 Å². The summed E-state index contributed by atoms with van der Waals surface area (Å²) in [7, 11) is -4.28. The van der Waals surface area contributed by atoms with Gasteiger partial charge in [0, 0.05) is 12.8 Å². The van der Waals surface area contributed by atoms with E-state index in [-0.39, 0.29) is 19.2 Å². The molecule has 0 aliphatic carbocycles. The van der Waals surface area contributed by atoms with Crippen LogP contribution in [0.5, 0.6) is 0 Å². The van der Waals surface area contributed by atoms with E-state index in [1.54, 1.807) is 6.92 Å². The van der Waals surface area contributed by atoms with Gasteiger partial charge in [-0.2, -0.15) is 10.2 Å². The van der Waals surface area contributed by atoms with Crippen LogP contribution in [-0.4, -0.2) is 47.6 Å². The largest absolute Gasteiger partial charge is 0.472 e. The predicted octanol–water partition coefficient (Wildman–Crippen LogP) is 5.30. The number of hydrogen-bond donors (Lipinski definition) is 2. The Labute approximate surface area is 186 Å². The smallest absolute Gasteiger partial charge is 0.463 e. The van der Waals surface area contributed by atoms with Gasteiger partial charge in [0.05, 0.1) is 13.2 Å². The van der Waals surface area contributed by atoms with E-state index in [1.165, 1.54) is 51.4 Å². The van der Waals surface area contributed by atoms with Crippen LogP contribution in [0.25, 0.3) is 0 Å². The minimum atomic E-state index is -4.28. The molecule has 0 radical (unpaired) electrons. The Bertz CT molecular complexity index is 568. The van der Waals surface area contributed by atoms with Crippen LogP contribution in [0.3, 0.4) is 0 Å². The zero-order chi connectivity index (χ0) is 23.0. The number of rotatable bonds is 21. The van der Waals surface area contributed by atoms with Gasteiger partial charge in [-0.15, -0.1) is 0 Å². The van der Waals surface area contributed by atoms with Crippen LogP contribution in [0.4, 0.5) is 0 Å². The Kier molecular flexibility index (Phi) is 14.4. The highest BCUT2D eigenvalue weighted by Gasteiger charge is 2.34. The molecule has 0 bridgehead atoms. The summed E-state index contributed by atoms with van der Waals surface area (Å²) in [6, 6.07) is 0. The molecule has 0 saturated carbocycles. The first-order chi connectivity index (χ1) is 14.8. The highest BCUT2D eigenvalue weighted by atomic mass is 31.2. The third-order valence-corrected chi connectivity index (χ3v) is 6.11. The van der Waals surface area contributed by atoms with Gasteiger partial charge in [0.15, 0.2) is 5.66 Å². The molecule has 2 atom stereocenters. The average Bonchev–Trinajstić information content (AvgIpc) is 3.46. The number of phosphoric acid groups is 1. The SMILES string of the molecule is CCCCCCCCCCCCCC(=O)OC[C@@H](O)COP(=O)(O)OCCC1(C)N=N1. The molecule has 0 amide bonds. The molecule has 1 aliphatic rings. The summed E-state index contributed by atoms with van der Waals surface area (Å²) in [5.41, 5.74) is -0.526. The molecule has 0 fully saturated rings. The molecule has 31 heavy (non-hydrogen) atoms. The zero-order valence-electron chi connectivity index (χ0n) is 19.2. The molecular weight excluding hydrogens is 423 g/mol. The van der Waals surface area contributed by atoms with Crippen LogP contribution in [0.15, 0.2) is 10.2 Å². The molecule has 1 rings (SSSR count). The lowest BCUT2D eigenvalue weighted by Gasteiger charge is -2.15. The first-order valence-electron chi connectivity index (χ1n) is 11.7. The highest BCUT2D eigenvalue weighted by Crippen LogP contribution is 2.44. The van der Waals surface area contributed by atoms with Gasteiger partial charge in [0.1, 0.15) is 12.7 Å². The Morgan fingerprint density at radius 1 is 0.935 bits per heavy atom. The number of nitrogens with zero attached hydrogens (tertiary/aromatic N) is 2. The monoisotopic (exact) mass is 464 g/mol. The molecule has 0 aromatic heterocycles. The van der Waals surface area contributed by atoms with Crippen molar-refractivity contribution in [3.63, 3.8) is 0 Å². The van der Waals surface area contributed by atoms with Crippen molar-refractivity contribution in [3.8, 4) is 0 Å². The van der Waals surface area contributed by atoms with Crippen LogP contribution in [-0.2, 0) is 23.1 Å². The van der Waals surface area contributed by atoms with Gasteiger partial charge in [0.2, 0.25) is 0 Å². The highest BCUT2D eigenvalue weighted by molar-refractivity contribution is 7.47. The van der Waals surface area contributed by atoms with E-state index in [2.05, 4.69) is 17.2 Å². The van der Waals surface area contributed by atoms with Gasteiger partial charge in [0.25, 0.3) is 0 Å². The quantitative estimate of drug-likeness (QED) is 0.134. The Morgan fingerprint density at radius 2 is 1.48 bits per heavy atom. The first-order valence-corrected chi connectivity index (χ1v) is 13.2. The minimum Gasteiger partial charge on any atom is -0.463 e.